The van der Waals surface area contributed by atoms with E-state index in [4.69, 9.17) is 4.74 Å². The maximum absolute atomic E-state index is 9.26. The first-order valence-electron chi connectivity index (χ1n) is 6.75. The number of ether oxygens (including phenoxy) is 1. The van der Waals surface area contributed by atoms with Gasteiger partial charge >= 0.3 is 0 Å². The Morgan fingerprint density at radius 3 is 2.63 bits per heavy atom. The number of nitriles is 1. The van der Waals surface area contributed by atoms with Crippen LogP contribution in [-0.4, -0.2) is 18.2 Å². The molecule has 1 N–H and O–H groups in total. The van der Waals surface area contributed by atoms with Crippen LogP contribution >= 0.6 is 0 Å². The van der Waals surface area contributed by atoms with Crippen LogP contribution in [0, 0.1) is 25.2 Å². The maximum atomic E-state index is 9.26. The zero-order valence-corrected chi connectivity index (χ0v) is 12.6. The first-order valence-corrected chi connectivity index (χ1v) is 6.75. The Morgan fingerprint density at radius 1 is 1.37 bits per heavy atom. The molecule has 0 bridgehead atoms. The Balaban J connectivity index is 2.58. The van der Waals surface area contributed by atoms with E-state index in [1.807, 2.05) is 40.7 Å². The van der Waals surface area contributed by atoms with E-state index in [2.05, 4.69) is 23.5 Å². The van der Waals surface area contributed by atoms with E-state index in [-0.39, 0.29) is 6.04 Å². The summed E-state index contributed by atoms with van der Waals surface area (Å²) in [6.07, 6.45) is 0.662. The summed E-state index contributed by atoms with van der Waals surface area (Å²) in [4.78, 5) is 0. The number of nitrogens with one attached hydrogen (secondary N) is 1. The molecule has 1 rings (SSSR count). The van der Waals surface area contributed by atoms with Crippen LogP contribution in [0.1, 0.15) is 38.3 Å². The Hall–Kier alpha value is -1.53. The molecule has 3 heteroatoms. The first-order chi connectivity index (χ1) is 8.86. The first kappa shape index (κ1) is 15.5. The minimum atomic E-state index is -0.536. The highest BCUT2D eigenvalue weighted by atomic mass is 16.5. The summed E-state index contributed by atoms with van der Waals surface area (Å²) >= 11 is 0. The molecule has 1 atom stereocenters. The summed E-state index contributed by atoms with van der Waals surface area (Å²) < 4.78 is 5.81. The normalized spacial score (nSPS) is 13.9. The molecule has 1 aromatic rings. The van der Waals surface area contributed by atoms with Gasteiger partial charge < -0.3 is 4.74 Å². The maximum Gasteiger partial charge on any atom is 0.122 e. The molecule has 1 unspecified atom stereocenters. The standard InChI is InChI=1S/C16H24N2O/c1-12(2)18-16(5,11-17)8-9-19-15-10-13(3)6-7-14(15)4/h6-7,10,12,18H,8-9H2,1-5H3. The van der Waals surface area contributed by atoms with Crippen molar-refractivity contribution in [1.82, 2.24) is 5.32 Å². The van der Waals surface area contributed by atoms with E-state index in [0.29, 0.717) is 13.0 Å². The minimum absolute atomic E-state index is 0.283. The topological polar surface area (TPSA) is 45.0 Å². The lowest BCUT2D eigenvalue weighted by Crippen LogP contribution is -2.45. The lowest BCUT2D eigenvalue weighted by Gasteiger charge is -2.26. The average Bonchev–Trinajstić information content (AvgIpc) is 2.32. The van der Waals surface area contributed by atoms with Crippen LogP contribution in [0.2, 0.25) is 0 Å². The number of rotatable bonds is 6. The summed E-state index contributed by atoms with van der Waals surface area (Å²) in [5.74, 6) is 0.907. The SMILES string of the molecule is Cc1ccc(C)c(OCCC(C)(C#N)NC(C)C)c1. The van der Waals surface area contributed by atoms with Gasteiger partial charge in [-0.3, -0.25) is 5.32 Å². The average molecular weight is 260 g/mol. The number of hydrogen-bond donors (Lipinski definition) is 1. The van der Waals surface area contributed by atoms with E-state index in [0.717, 1.165) is 11.3 Å². The summed E-state index contributed by atoms with van der Waals surface area (Å²) in [6.45, 7) is 10.6. The van der Waals surface area contributed by atoms with Crippen molar-refractivity contribution in [3.63, 3.8) is 0 Å². The molecule has 0 amide bonds. The molecule has 1 aromatic carbocycles. The fraction of sp³-hybridized carbons (Fsp3) is 0.562. The molecule has 0 saturated carbocycles. The van der Waals surface area contributed by atoms with Gasteiger partial charge in [0.2, 0.25) is 0 Å². The molecule has 0 radical (unpaired) electrons. The number of aryl methyl sites for hydroxylation is 2. The zero-order valence-electron chi connectivity index (χ0n) is 12.6. The fourth-order valence-electron chi connectivity index (χ4n) is 2.03. The molecule has 0 saturated heterocycles. The van der Waals surface area contributed by atoms with Crippen molar-refractivity contribution in [3.8, 4) is 11.8 Å². The number of benzene rings is 1. The third-order valence-corrected chi connectivity index (χ3v) is 3.06. The second-order valence-corrected chi connectivity index (χ2v) is 5.61. The predicted molar refractivity (Wildman–Crippen MR) is 78.3 cm³/mol. The third-order valence-electron chi connectivity index (χ3n) is 3.06. The van der Waals surface area contributed by atoms with Gasteiger partial charge in [-0.25, -0.2) is 0 Å². The summed E-state index contributed by atoms with van der Waals surface area (Å²) in [5.41, 5.74) is 1.77. The molecule has 0 aliphatic rings. The highest BCUT2D eigenvalue weighted by molar-refractivity contribution is 5.35. The van der Waals surface area contributed by atoms with Gasteiger partial charge in [0, 0.05) is 12.5 Å². The number of nitrogens with zero attached hydrogens (tertiary/aromatic N) is 1. The summed E-state index contributed by atoms with van der Waals surface area (Å²) in [7, 11) is 0. The van der Waals surface area contributed by atoms with Crippen molar-refractivity contribution in [1.29, 1.82) is 5.26 Å². The Bertz CT molecular complexity index is 462. The van der Waals surface area contributed by atoms with Crippen LogP contribution in [0.15, 0.2) is 18.2 Å². The fourth-order valence-corrected chi connectivity index (χ4v) is 2.03. The van der Waals surface area contributed by atoms with Crippen LogP contribution in [0.4, 0.5) is 0 Å². The van der Waals surface area contributed by atoms with Gasteiger partial charge in [-0.05, 0) is 51.8 Å². The molecule has 0 fully saturated rings. The largest absolute Gasteiger partial charge is 0.493 e. The van der Waals surface area contributed by atoms with Gasteiger partial charge in [0.1, 0.15) is 11.3 Å². The van der Waals surface area contributed by atoms with E-state index >= 15 is 0 Å². The van der Waals surface area contributed by atoms with Gasteiger partial charge in [-0.15, -0.1) is 0 Å². The van der Waals surface area contributed by atoms with Gasteiger partial charge in [0.15, 0.2) is 0 Å². The van der Waals surface area contributed by atoms with Crippen molar-refractivity contribution in [2.45, 2.75) is 52.6 Å². The molecule has 19 heavy (non-hydrogen) atoms. The molecule has 104 valence electrons. The van der Waals surface area contributed by atoms with Crippen molar-refractivity contribution >= 4 is 0 Å². The van der Waals surface area contributed by atoms with Gasteiger partial charge in [0.05, 0.1) is 12.7 Å². The van der Waals surface area contributed by atoms with Crippen molar-refractivity contribution < 1.29 is 4.74 Å². The lowest BCUT2D eigenvalue weighted by molar-refractivity contribution is 0.258. The summed E-state index contributed by atoms with van der Waals surface area (Å²) in [5, 5.41) is 12.5. The minimum Gasteiger partial charge on any atom is -0.493 e. The molecule has 0 spiro atoms. The zero-order chi connectivity index (χ0) is 14.5. The second kappa shape index (κ2) is 6.58. The molecule has 0 aromatic heterocycles. The Morgan fingerprint density at radius 2 is 2.05 bits per heavy atom. The molecular weight excluding hydrogens is 236 g/mol. The van der Waals surface area contributed by atoms with Gasteiger partial charge in [-0.1, -0.05) is 12.1 Å². The molecule has 0 aliphatic heterocycles. The molecule has 0 heterocycles. The Labute approximate surface area is 116 Å². The monoisotopic (exact) mass is 260 g/mol. The van der Waals surface area contributed by atoms with Crippen LogP contribution < -0.4 is 10.1 Å². The smallest absolute Gasteiger partial charge is 0.122 e. The molecule has 0 aliphatic carbocycles. The van der Waals surface area contributed by atoms with Gasteiger partial charge in [-0.2, -0.15) is 5.26 Å². The quantitative estimate of drug-likeness (QED) is 0.853. The van der Waals surface area contributed by atoms with E-state index in [9.17, 15) is 5.26 Å². The highest BCUT2D eigenvalue weighted by Crippen LogP contribution is 2.20. The van der Waals surface area contributed by atoms with Gasteiger partial charge in [0.25, 0.3) is 0 Å². The van der Waals surface area contributed by atoms with Crippen LogP contribution in [0.3, 0.4) is 0 Å². The van der Waals surface area contributed by atoms with Crippen LogP contribution in [-0.2, 0) is 0 Å². The van der Waals surface area contributed by atoms with E-state index in [1.165, 1.54) is 5.56 Å². The van der Waals surface area contributed by atoms with Crippen LogP contribution in [0.5, 0.6) is 5.75 Å². The van der Waals surface area contributed by atoms with Crippen molar-refractivity contribution in [2.24, 2.45) is 0 Å². The van der Waals surface area contributed by atoms with E-state index in [1.54, 1.807) is 0 Å². The summed E-state index contributed by atoms with van der Waals surface area (Å²) in [6, 6.07) is 8.78. The molecule has 3 nitrogen and oxygen atoms in total. The van der Waals surface area contributed by atoms with Crippen molar-refractivity contribution in [2.75, 3.05) is 6.61 Å². The number of hydrogen-bond acceptors (Lipinski definition) is 3. The lowest BCUT2D eigenvalue weighted by atomic mass is 9.99. The van der Waals surface area contributed by atoms with E-state index < -0.39 is 5.54 Å². The second-order valence-electron chi connectivity index (χ2n) is 5.61. The highest BCUT2D eigenvalue weighted by Gasteiger charge is 2.24. The predicted octanol–water partition coefficient (Wildman–Crippen LogP) is 3.35. The third kappa shape index (κ3) is 4.92. The van der Waals surface area contributed by atoms with Crippen LogP contribution in [0.25, 0.3) is 0 Å². The Kier molecular flexibility index (Phi) is 5.38. The molecular formula is C16H24N2O. The van der Waals surface area contributed by atoms with Crippen molar-refractivity contribution in [3.05, 3.63) is 29.3 Å².